The number of benzene rings is 1. The van der Waals surface area contributed by atoms with Gasteiger partial charge in [0.1, 0.15) is 0 Å². The third-order valence-electron chi connectivity index (χ3n) is 5.85. The number of rotatable bonds is 8. The van der Waals surface area contributed by atoms with Crippen molar-refractivity contribution in [2.45, 2.75) is 77.2 Å². The topological polar surface area (TPSA) is 110 Å². The highest BCUT2D eigenvalue weighted by atomic mass is 32.2. The van der Waals surface area contributed by atoms with Gasteiger partial charge < -0.3 is 10.6 Å². The van der Waals surface area contributed by atoms with E-state index in [1.807, 2.05) is 27.7 Å². The summed E-state index contributed by atoms with van der Waals surface area (Å²) in [5.41, 5.74) is 0.889. The first-order valence-corrected chi connectivity index (χ1v) is 12.9. The summed E-state index contributed by atoms with van der Waals surface area (Å²) in [4.78, 5) is 38.5. The van der Waals surface area contributed by atoms with E-state index in [2.05, 4.69) is 20.8 Å². The van der Waals surface area contributed by atoms with Gasteiger partial charge in [0, 0.05) is 24.2 Å². The molecule has 1 fully saturated rings. The van der Waals surface area contributed by atoms with Gasteiger partial charge in [-0.05, 0) is 50.8 Å². The van der Waals surface area contributed by atoms with Crippen molar-refractivity contribution in [2.75, 3.05) is 5.75 Å². The van der Waals surface area contributed by atoms with Gasteiger partial charge in [0.05, 0.1) is 16.7 Å². The van der Waals surface area contributed by atoms with Gasteiger partial charge in [-0.2, -0.15) is 0 Å². The molecule has 2 N–H and O–H groups in total. The fraction of sp³-hybridized carbons (Fsp3) is 0.542. The molecule has 1 aromatic carbocycles. The van der Waals surface area contributed by atoms with E-state index in [4.69, 9.17) is 0 Å². The second-order valence-electron chi connectivity index (χ2n) is 9.63. The monoisotopic (exact) mass is 484 g/mol. The van der Waals surface area contributed by atoms with Gasteiger partial charge in [-0.1, -0.05) is 38.5 Å². The van der Waals surface area contributed by atoms with Crippen LogP contribution in [0.4, 0.5) is 0 Å². The summed E-state index contributed by atoms with van der Waals surface area (Å²) < 4.78 is 3.41. The van der Waals surface area contributed by atoms with Crippen LogP contribution in [0.3, 0.4) is 0 Å². The third kappa shape index (κ3) is 5.11. The second kappa shape index (κ2) is 10.2. The molecule has 0 aliphatic heterocycles. The molecule has 2 heterocycles. The minimum atomic E-state index is -0.166. The zero-order chi connectivity index (χ0) is 24.4. The van der Waals surface area contributed by atoms with Crippen LogP contribution in [0.15, 0.2) is 28.2 Å². The molecule has 0 saturated heterocycles. The minimum Gasteiger partial charge on any atom is -0.353 e. The minimum absolute atomic E-state index is 0.0428. The first-order valence-electron chi connectivity index (χ1n) is 11.9. The van der Waals surface area contributed by atoms with E-state index < -0.39 is 0 Å². The lowest BCUT2D eigenvalue weighted by atomic mass is 10.1. The summed E-state index contributed by atoms with van der Waals surface area (Å²) in [5.74, 6) is 0.553. The number of hydrogen-bond acceptors (Lipinski definition) is 6. The Morgan fingerprint density at radius 1 is 1.15 bits per heavy atom. The molecule has 34 heavy (non-hydrogen) atoms. The summed E-state index contributed by atoms with van der Waals surface area (Å²) in [5, 5.41) is 15.6. The van der Waals surface area contributed by atoms with E-state index in [0.29, 0.717) is 33.9 Å². The molecule has 2 amide bonds. The van der Waals surface area contributed by atoms with Crippen molar-refractivity contribution < 1.29 is 9.59 Å². The fourth-order valence-corrected chi connectivity index (χ4v) is 5.13. The normalized spacial score (nSPS) is 14.5. The first kappa shape index (κ1) is 24.3. The highest BCUT2D eigenvalue weighted by Crippen LogP contribution is 2.24. The number of carbonyl (C=O) groups is 2. The number of amides is 2. The summed E-state index contributed by atoms with van der Waals surface area (Å²) in [6.07, 6.45) is 4.25. The number of nitrogens with zero attached hydrogens (tertiary/aromatic N) is 4. The Hall–Kier alpha value is -2.88. The van der Waals surface area contributed by atoms with Gasteiger partial charge in [-0.15, -0.1) is 10.2 Å². The number of aromatic nitrogens is 4. The zero-order valence-electron chi connectivity index (χ0n) is 20.1. The smallest absolute Gasteiger partial charge is 0.262 e. The largest absolute Gasteiger partial charge is 0.353 e. The molecule has 9 nitrogen and oxygen atoms in total. The Morgan fingerprint density at radius 2 is 1.88 bits per heavy atom. The standard InChI is InChI=1S/C24H32N6O3S/c1-14(2)12-29-22(33)18-10-9-16(21(32)26-17-7-5-6-8-17)11-19(18)30-23(29)27-28-24(30)34-13-20(31)25-15(3)4/h9-11,14-15,17H,5-8,12-13H2,1-4H3,(H,25,31)(H,26,32). The molecule has 10 heteroatoms. The lowest BCUT2D eigenvalue weighted by Crippen LogP contribution is -2.32. The molecule has 4 rings (SSSR count). The maximum Gasteiger partial charge on any atom is 0.262 e. The lowest BCUT2D eigenvalue weighted by Gasteiger charge is -2.15. The Labute approximate surface area is 202 Å². The van der Waals surface area contributed by atoms with Crippen LogP contribution in [0, 0.1) is 5.92 Å². The molecule has 1 aliphatic rings. The predicted molar refractivity (Wildman–Crippen MR) is 133 cm³/mol. The van der Waals surface area contributed by atoms with Gasteiger partial charge in [-0.3, -0.25) is 23.4 Å². The van der Waals surface area contributed by atoms with E-state index in [-0.39, 0.29) is 41.1 Å². The van der Waals surface area contributed by atoms with E-state index in [9.17, 15) is 14.4 Å². The van der Waals surface area contributed by atoms with Crippen LogP contribution < -0.4 is 16.2 Å². The number of carbonyl (C=O) groups excluding carboxylic acids is 2. The van der Waals surface area contributed by atoms with Crippen LogP contribution in [0.5, 0.6) is 0 Å². The maximum atomic E-state index is 13.3. The van der Waals surface area contributed by atoms with E-state index >= 15 is 0 Å². The number of fused-ring (bicyclic) bond motifs is 3. The molecule has 1 aliphatic carbocycles. The fourth-order valence-electron chi connectivity index (χ4n) is 4.38. The van der Waals surface area contributed by atoms with Gasteiger partial charge >= 0.3 is 0 Å². The van der Waals surface area contributed by atoms with Crippen LogP contribution in [-0.2, 0) is 11.3 Å². The molecule has 2 aromatic heterocycles. The van der Waals surface area contributed by atoms with Crippen molar-refractivity contribution >= 4 is 40.3 Å². The Morgan fingerprint density at radius 3 is 2.56 bits per heavy atom. The van der Waals surface area contributed by atoms with Crippen LogP contribution >= 0.6 is 11.8 Å². The second-order valence-corrected chi connectivity index (χ2v) is 10.6. The van der Waals surface area contributed by atoms with E-state index in [1.165, 1.54) is 11.8 Å². The summed E-state index contributed by atoms with van der Waals surface area (Å²) in [7, 11) is 0. The van der Waals surface area contributed by atoms with Gasteiger partial charge in [0.25, 0.3) is 11.5 Å². The first-order chi connectivity index (χ1) is 16.2. The lowest BCUT2D eigenvalue weighted by molar-refractivity contribution is -0.119. The number of thioether (sulfide) groups is 1. The SMILES string of the molecule is CC(C)Cn1c(=O)c2ccc(C(=O)NC3CCCC3)cc2n2c(SCC(=O)NC(C)C)nnc12. The van der Waals surface area contributed by atoms with Crippen LogP contribution in [0.2, 0.25) is 0 Å². The van der Waals surface area contributed by atoms with Crippen LogP contribution in [0.25, 0.3) is 16.7 Å². The van der Waals surface area contributed by atoms with Gasteiger partial charge in [0.15, 0.2) is 5.16 Å². The van der Waals surface area contributed by atoms with Gasteiger partial charge in [-0.25, -0.2) is 0 Å². The Kier molecular flexibility index (Phi) is 7.25. The highest BCUT2D eigenvalue weighted by molar-refractivity contribution is 7.99. The number of nitrogens with one attached hydrogen (secondary N) is 2. The Balaban J connectivity index is 1.79. The molecule has 1 saturated carbocycles. The Bertz CT molecular complexity index is 1270. The molecular weight excluding hydrogens is 452 g/mol. The maximum absolute atomic E-state index is 13.3. The van der Waals surface area contributed by atoms with Crippen molar-refractivity contribution in [1.82, 2.24) is 29.8 Å². The van der Waals surface area contributed by atoms with Crippen molar-refractivity contribution in [1.29, 1.82) is 0 Å². The predicted octanol–water partition coefficient (Wildman–Crippen LogP) is 2.99. The molecule has 0 unspecified atom stereocenters. The molecule has 3 aromatic rings. The summed E-state index contributed by atoms with van der Waals surface area (Å²) in [6, 6.07) is 5.38. The van der Waals surface area contributed by atoms with Crippen LogP contribution in [0.1, 0.15) is 63.7 Å². The molecular formula is C24H32N6O3S. The number of hydrogen-bond donors (Lipinski definition) is 2. The quantitative estimate of drug-likeness (QED) is 0.476. The molecule has 0 atom stereocenters. The van der Waals surface area contributed by atoms with Crippen molar-refractivity contribution in [2.24, 2.45) is 5.92 Å². The zero-order valence-corrected chi connectivity index (χ0v) is 20.9. The molecule has 182 valence electrons. The molecule has 0 radical (unpaired) electrons. The summed E-state index contributed by atoms with van der Waals surface area (Å²) in [6.45, 7) is 8.37. The van der Waals surface area contributed by atoms with Crippen molar-refractivity contribution in [3.05, 3.63) is 34.1 Å². The van der Waals surface area contributed by atoms with Crippen LogP contribution in [-0.4, -0.2) is 48.8 Å². The van der Waals surface area contributed by atoms with E-state index in [1.54, 1.807) is 27.2 Å². The molecule has 0 bridgehead atoms. The van der Waals surface area contributed by atoms with E-state index in [0.717, 1.165) is 25.7 Å². The van der Waals surface area contributed by atoms with Gasteiger partial charge in [0.2, 0.25) is 11.7 Å². The average Bonchev–Trinajstić information content (AvgIpc) is 3.44. The average molecular weight is 485 g/mol. The van der Waals surface area contributed by atoms with Crippen molar-refractivity contribution in [3.63, 3.8) is 0 Å². The summed E-state index contributed by atoms with van der Waals surface area (Å²) >= 11 is 1.26. The van der Waals surface area contributed by atoms with Crippen molar-refractivity contribution in [3.8, 4) is 0 Å². The molecule has 0 spiro atoms. The highest BCUT2D eigenvalue weighted by Gasteiger charge is 2.22. The third-order valence-corrected chi connectivity index (χ3v) is 6.78.